The van der Waals surface area contributed by atoms with Gasteiger partial charge in [-0.2, -0.15) is 4.98 Å². The van der Waals surface area contributed by atoms with E-state index in [9.17, 15) is 9.59 Å². The van der Waals surface area contributed by atoms with Gasteiger partial charge in [-0.25, -0.2) is 0 Å². The van der Waals surface area contributed by atoms with Crippen molar-refractivity contribution in [3.05, 3.63) is 48.6 Å². The van der Waals surface area contributed by atoms with Crippen LogP contribution in [0.25, 0.3) is 11.6 Å². The number of nitrogens with zero attached hydrogens (tertiary/aromatic N) is 3. The van der Waals surface area contributed by atoms with Gasteiger partial charge in [0.05, 0.1) is 18.7 Å². The van der Waals surface area contributed by atoms with Crippen LogP contribution in [0, 0.1) is 0 Å². The Balaban J connectivity index is 1.27. The Morgan fingerprint density at radius 1 is 1.18 bits per heavy atom. The lowest BCUT2D eigenvalue weighted by atomic mass is 10.0. The topological polar surface area (TPSA) is 114 Å². The molecule has 1 fully saturated rings. The van der Waals surface area contributed by atoms with Crippen LogP contribution in [0.4, 0.5) is 11.4 Å². The van der Waals surface area contributed by atoms with Crippen LogP contribution < -0.4 is 10.6 Å². The van der Waals surface area contributed by atoms with Gasteiger partial charge in [0.15, 0.2) is 5.76 Å². The summed E-state index contributed by atoms with van der Waals surface area (Å²) in [6.07, 6.45) is 1.56. The van der Waals surface area contributed by atoms with Crippen LogP contribution in [0.1, 0.15) is 18.7 Å². The Hall–Kier alpha value is -3.46. The number of carbonyl (C=O) groups excluding carboxylic acids is 2. The largest absolute Gasteiger partial charge is 0.461 e. The molecule has 2 amide bonds. The lowest BCUT2D eigenvalue weighted by Crippen LogP contribution is -2.48. The van der Waals surface area contributed by atoms with Crippen molar-refractivity contribution in [1.29, 1.82) is 0 Å². The van der Waals surface area contributed by atoms with Gasteiger partial charge in [0.2, 0.25) is 23.5 Å². The lowest BCUT2D eigenvalue weighted by Gasteiger charge is -2.36. The fraction of sp³-hybridized carbons (Fsp3) is 0.263. The number of rotatable bonds is 6. The summed E-state index contributed by atoms with van der Waals surface area (Å²) in [7, 11) is 0. The second-order valence-corrected chi connectivity index (χ2v) is 6.63. The number of aromatic nitrogens is 2. The average molecular weight is 381 g/mol. The van der Waals surface area contributed by atoms with Crippen molar-refractivity contribution in [2.45, 2.75) is 12.8 Å². The highest BCUT2D eigenvalue weighted by molar-refractivity contribution is 5.94. The summed E-state index contributed by atoms with van der Waals surface area (Å²) in [4.78, 5) is 29.7. The van der Waals surface area contributed by atoms with Crippen molar-refractivity contribution in [2.75, 3.05) is 30.3 Å². The van der Waals surface area contributed by atoms with Crippen molar-refractivity contribution in [1.82, 2.24) is 15.0 Å². The second kappa shape index (κ2) is 7.65. The van der Waals surface area contributed by atoms with Crippen molar-refractivity contribution in [3.63, 3.8) is 0 Å². The normalized spacial score (nSPS) is 14.5. The standard InChI is InChI=1S/C19H19N5O4/c1-12(25)20-14-4-2-5-15(8-14)21-17(26)11-24-9-13(10-24)19-22-18(23-28-19)16-6-3-7-27-16/h2-8,13H,9-11H2,1H3,(H,20,25)(H,21,26). The van der Waals surface area contributed by atoms with Gasteiger partial charge in [0.1, 0.15) is 0 Å². The number of nitrogens with one attached hydrogen (secondary N) is 2. The van der Waals surface area contributed by atoms with Gasteiger partial charge < -0.3 is 19.6 Å². The molecular weight excluding hydrogens is 362 g/mol. The second-order valence-electron chi connectivity index (χ2n) is 6.63. The van der Waals surface area contributed by atoms with Gasteiger partial charge >= 0.3 is 0 Å². The van der Waals surface area contributed by atoms with Crippen molar-refractivity contribution in [3.8, 4) is 11.6 Å². The first-order valence-electron chi connectivity index (χ1n) is 8.84. The van der Waals surface area contributed by atoms with E-state index in [1.54, 1.807) is 42.7 Å². The molecule has 0 atom stereocenters. The summed E-state index contributed by atoms with van der Waals surface area (Å²) in [5, 5.41) is 9.45. The smallest absolute Gasteiger partial charge is 0.238 e. The van der Waals surface area contributed by atoms with Crippen molar-refractivity contribution >= 4 is 23.2 Å². The van der Waals surface area contributed by atoms with Crippen LogP contribution in [0.5, 0.6) is 0 Å². The minimum atomic E-state index is -0.161. The molecule has 1 aromatic carbocycles. The number of amides is 2. The maximum Gasteiger partial charge on any atom is 0.238 e. The molecule has 0 radical (unpaired) electrons. The monoisotopic (exact) mass is 381 g/mol. The van der Waals surface area contributed by atoms with Crippen LogP contribution in [0.2, 0.25) is 0 Å². The first-order chi connectivity index (χ1) is 13.6. The average Bonchev–Trinajstić information content (AvgIpc) is 3.29. The predicted molar refractivity (Wildman–Crippen MR) is 101 cm³/mol. The molecule has 28 heavy (non-hydrogen) atoms. The summed E-state index contributed by atoms with van der Waals surface area (Å²) in [5.41, 5.74) is 1.27. The fourth-order valence-electron chi connectivity index (χ4n) is 3.04. The summed E-state index contributed by atoms with van der Waals surface area (Å²) in [6.45, 7) is 3.03. The van der Waals surface area contributed by atoms with Crippen molar-refractivity contribution in [2.24, 2.45) is 0 Å². The molecule has 4 rings (SSSR count). The van der Waals surface area contributed by atoms with Gasteiger partial charge in [-0.3, -0.25) is 14.5 Å². The van der Waals surface area contributed by atoms with Gasteiger partial charge in [-0.1, -0.05) is 11.2 Å². The van der Waals surface area contributed by atoms with E-state index in [0.717, 1.165) is 0 Å². The van der Waals surface area contributed by atoms with Gasteiger partial charge in [-0.15, -0.1) is 0 Å². The zero-order valence-corrected chi connectivity index (χ0v) is 15.2. The number of anilines is 2. The minimum absolute atomic E-state index is 0.104. The zero-order valence-electron chi connectivity index (χ0n) is 15.2. The maximum absolute atomic E-state index is 12.2. The molecule has 9 heteroatoms. The summed E-state index contributed by atoms with van der Waals surface area (Å²) < 4.78 is 10.6. The highest BCUT2D eigenvalue weighted by Crippen LogP contribution is 2.27. The van der Waals surface area contributed by atoms with E-state index in [4.69, 9.17) is 8.94 Å². The number of hydrogen-bond acceptors (Lipinski definition) is 7. The van der Waals surface area contributed by atoms with E-state index in [1.165, 1.54) is 6.92 Å². The molecule has 3 aromatic rings. The van der Waals surface area contributed by atoms with E-state index in [0.29, 0.717) is 41.9 Å². The Morgan fingerprint density at radius 3 is 2.68 bits per heavy atom. The van der Waals surface area contributed by atoms with E-state index in [-0.39, 0.29) is 24.3 Å². The molecular formula is C19H19N5O4. The predicted octanol–water partition coefficient (Wildman–Crippen LogP) is 2.33. The Kier molecular flexibility index (Phi) is 4.90. The molecule has 0 spiro atoms. The number of furan rings is 1. The molecule has 144 valence electrons. The van der Waals surface area contributed by atoms with Gasteiger partial charge in [-0.05, 0) is 30.3 Å². The van der Waals surface area contributed by atoms with Crippen LogP contribution in [-0.2, 0) is 9.59 Å². The van der Waals surface area contributed by atoms with Gasteiger partial charge in [0.25, 0.3) is 0 Å². The number of hydrogen-bond donors (Lipinski definition) is 2. The molecule has 9 nitrogen and oxygen atoms in total. The molecule has 0 bridgehead atoms. The van der Waals surface area contributed by atoms with Crippen LogP contribution in [0.3, 0.4) is 0 Å². The summed E-state index contributed by atoms with van der Waals surface area (Å²) in [6, 6.07) is 10.6. The van der Waals surface area contributed by atoms with Gasteiger partial charge in [0, 0.05) is 31.4 Å². The molecule has 1 aliphatic rings. The summed E-state index contributed by atoms with van der Waals surface area (Å²) in [5.74, 6) is 1.35. The van der Waals surface area contributed by atoms with E-state index >= 15 is 0 Å². The van der Waals surface area contributed by atoms with E-state index in [1.807, 2.05) is 4.90 Å². The third kappa shape index (κ3) is 4.09. The van der Waals surface area contributed by atoms with E-state index in [2.05, 4.69) is 20.8 Å². The highest BCUT2D eigenvalue weighted by atomic mass is 16.5. The first-order valence-corrected chi connectivity index (χ1v) is 8.84. The molecule has 1 saturated heterocycles. The van der Waals surface area contributed by atoms with Crippen LogP contribution in [0.15, 0.2) is 51.6 Å². The number of carbonyl (C=O) groups is 2. The Bertz CT molecular complexity index is 976. The van der Waals surface area contributed by atoms with Crippen LogP contribution >= 0.6 is 0 Å². The lowest BCUT2D eigenvalue weighted by molar-refractivity contribution is -0.118. The molecule has 3 heterocycles. The molecule has 1 aliphatic heterocycles. The molecule has 0 unspecified atom stereocenters. The third-order valence-electron chi connectivity index (χ3n) is 4.32. The van der Waals surface area contributed by atoms with Crippen LogP contribution in [-0.4, -0.2) is 46.5 Å². The maximum atomic E-state index is 12.2. The number of likely N-dealkylation sites (tertiary alicyclic amines) is 1. The summed E-state index contributed by atoms with van der Waals surface area (Å²) >= 11 is 0. The SMILES string of the molecule is CC(=O)Nc1cccc(NC(=O)CN2CC(c3nc(-c4ccco4)no3)C2)c1. The third-order valence-corrected chi connectivity index (χ3v) is 4.32. The first kappa shape index (κ1) is 17.9. The fourth-order valence-corrected chi connectivity index (χ4v) is 3.04. The highest BCUT2D eigenvalue weighted by Gasteiger charge is 2.33. The quantitative estimate of drug-likeness (QED) is 0.673. The minimum Gasteiger partial charge on any atom is -0.461 e. The number of benzene rings is 1. The molecule has 2 N–H and O–H groups in total. The van der Waals surface area contributed by atoms with Crippen molar-refractivity contribution < 1.29 is 18.5 Å². The Morgan fingerprint density at radius 2 is 1.96 bits per heavy atom. The Labute approximate surface area is 160 Å². The molecule has 0 aliphatic carbocycles. The molecule has 0 saturated carbocycles. The zero-order chi connectivity index (χ0) is 19.5. The molecule has 2 aromatic heterocycles. The van der Waals surface area contributed by atoms with E-state index < -0.39 is 0 Å².